The lowest BCUT2D eigenvalue weighted by Gasteiger charge is -2.02. The minimum absolute atomic E-state index is 0.151. The van der Waals surface area contributed by atoms with Crippen molar-refractivity contribution < 1.29 is 38.1 Å². The largest absolute Gasteiger partial charge is 0.469 e. The summed E-state index contributed by atoms with van der Waals surface area (Å²) < 4.78 is 23.1. The first kappa shape index (κ1) is 17.6. The molecule has 0 rings (SSSR count). The number of phosphoric ester groups is 1. The van der Waals surface area contributed by atoms with Crippen molar-refractivity contribution in [2.45, 2.75) is 26.2 Å². The summed E-state index contributed by atoms with van der Waals surface area (Å²) in [5.74, 6) is 0. The van der Waals surface area contributed by atoms with Crippen LogP contribution in [0.5, 0.6) is 0 Å². The molecular formula is C5H16O8P2. The van der Waals surface area contributed by atoms with Gasteiger partial charge in [0.2, 0.25) is 0 Å². The Hall–Kier alpha value is 0.220. The molecule has 15 heavy (non-hydrogen) atoms. The second kappa shape index (κ2) is 8.38. The first-order valence-electron chi connectivity index (χ1n) is 4.04. The topological polar surface area (TPSA) is 145 Å². The predicted molar refractivity (Wildman–Crippen MR) is 51.8 cm³/mol. The van der Waals surface area contributed by atoms with Crippen LogP contribution >= 0.6 is 15.6 Å². The third kappa shape index (κ3) is 40.7. The van der Waals surface area contributed by atoms with Gasteiger partial charge in [0.25, 0.3) is 0 Å². The zero-order valence-corrected chi connectivity index (χ0v) is 9.97. The van der Waals surface area contributed by atoms with Crippen LogP contribution in [0.2, 0.25) is 0 Å². The Bertz CT molecular complexity index is 221. The monoisotopic (exact) mass is 266 g/mol. The van der Waals surface area contributed by atoms with Gasteiger partial charge in [-0.05, 0) is 6.42 Å². The molecule has 0 fully saturated rings. The third-order valence-corrected chi connectivity index (χ3v) is 1.53. The van der Waals surface area contributed by atoms with Crippen LogP contribution in [-0.4, -0.2) is 31.1 Å². The molecule has 10 heteroatoms. The highest BCUT2D eigenvalue weighted by atomic mass is 31.2. The van der Waals surface area contributed by atoms with E-state index in [1.54, 1.807) is 0 Å². The van der Waals surface area contributed by atoms with Gasteiger partial charge in [-0.3, -0.25) is 4.52 Å². The summed E-state index contributed by atoms with van der Waals surface area (Å²) in [6.45, 7) is 2.16. The molecule has 0 amide bonds. The van der Waals surface area contributed by atoms with Crippen LogP contribution in [0.1, 0.15) is 26.2 Å². The van der Waals surface area contributed by atoms with Gasteiger partial charge in [0.1, 0.15) is 0 Å². The number of hydrogen-bond acceptors (Lipinski definition) is 3. The van der Waals surface area contributed by atoms with Gasteiger partial charge in [0, 0.05) is 0 Å². The summed E-state index contributed by atoms with van der Waals surface area (Å²) in [7, 11) is -8.84. The van der Waals surface area contributed by atoms with Crippen molar-refractivity contribution >= 4 is 15.6 Å². The minimum Gasteiger partial charge on any atom is -0.303 e. The Labute approximate surface area is 87.4 Å². The lowest BCUT2D eigenvalue weighted by molar-refractivity contribution is 0.193. The zero-order valence-electron chi connectivity index (χ0n) is 8.18. The van der Waals surface area contributed by atoms with Gasteiger partial charge in [0.05, 0.1) is 6.61 Å². The predicted octanol–water partition coefficient (Wildman–Crippen LogP) is 0.357. The molecule has 0 atom stereocenters. The summed E-state index contributed by atoms with van der Waals surface area (Å²) in [4.78, 5) is 38.0. The first-order valence-corrected chi connectivity index (χ1v) is 7.14. The fraction of sp³-hybridized carbons (Fsp3) is 1.00. The van der Waals surface area contributed by atoms with Crippen molar-refractivity contribution in [1.82, 2.24) is 0 Å². The van der Waals surface area contributed by atoms with E-state index in [-0.39, 0.29) is 6.61 Å². The average Bonchev–Trinajstić information content (AvgIpc) is 1.93. The van der Waals surface area contributed by atoms with Gasteiger partial charge in [0.15, 0.2) is 0 Å². The van der Waals surface area contributed by atoms with Gasteiger partial charge in [-0.25, -0.2) is 9.13 Å². The van der Waals surface area contributed by atoms with Crippen LogP contribution in [0.4, 0.5) is 0 Å². The molecule has 0 aliphatic carbocycles. The number of rotatable bonds is 5. The smallest absolute Gasteiger partial charge is 0.303 e. The summed E-state index contributed by atoms with van der Waals surface area (Å²) >= 11 is 0. The molecule has 5 N–H and O–H groups in total. The molecule has 0 aliphatic rings. The van der Waals surface area contributed by atoms with Crippen LogP contribution < -0.4 is 0 Å². The van der Waals surface area contributed by atoms with Crippen molar-refractivity contribution in [1.29, 1.82) is 0 Å². The lowest BCUT2D eigenvalue weighted by Crippen LogP contribution is -1.91. The van der Waals surface area contributed by atoms with Crippen molar-refractivity contribution in [3.63, 3.8) is 0 Å². The number of hydrogen-bond donors (Lipinski definition) is 5. The van der Waals surface area contributed by atoms with Crippen LogP contribution in [0.15, 0.2) is 0 Å². The van der Waals surface area contributed by atoms with E-state index < -0.39 is 15.6 Å². The summed E-state index contributed by atoms with van der Waals surface area (Å²) in [5, 5.41) is 0. The number of unbranched alkanes of at least 4 members (excludes halogenated alkanes) is 2. The highest BCUT2D eigenvalue weighted by Gasteiger charge is 2.11. The second-order valence-electron chi connectivity index (χ2n) is 2.54. The van der Waals surface area contributed by atoms with Crippen LogP contribution in [0.25, 0.3) is 0 Å². The maximum atomic E-state index is 10.1. The molecule has 0 spiro atoms. The fourth-order valence-electron chi connectivity index (χ4n) is 0.536. The van der Waals surface area contributed by atoms with Gasteiger partial charge in [-0.2, -0.15) is 0 Å². The SMILES string of the molecule is CCCCCOP(=O)(O)O.O=P(O)(O)O. The average molecular weight is 266 g/mol. The maximum absolute atomic E-state index is 10.1. The zero-order chi connectivity index (χ0) is 12.5. The van der Waals surface area contributed by atoms with Crippen molar-refractivity contribution in [2.24, 2.45) is 0 Å². The Morgan fingerprint density at radius 2 is 1.40 bits per heavy atom. The molecule has 0 heterocycles. The third-order valence-electron chi connectivity index (χ3n) is 1.01. The Morgan fingerprint density at radius 3 is 1.67 bits per heavy atom. The maximum Gasteiger partial charge on any atom is 0.469 e. The summed E-state index contributed by atoms with van der Waals surface area (Å²) in [5.41, 5.74) is 0. The quantitative estimate of drug-likeness (QED) is 0.354. The second-order valence-corrected chi connectivity index (χ2v) is 4.81. The van der Waals surface area contributed by atoms with E-state index in [1.807, 2.05) is 6.92 Å². The molecule has 8 nitrogen and oxygen atoms in total. The van der Waals surface area contributed by atoms with E-state index in [1.165, 1.54) is 0 Å². The molecular weight excluding hydrogens is 250 g/mol. The van der Waals surface area contributed by atoms with Crippen LogP contribution in [-0.2, 0) is 13.7 Å². The standard InChI is InChI=1S/C5H13O4P.H3O4P/c1-2-3-4-5-9-10(6,7)8;1-5(2,3)4/h2-5H2,1H3,(H2,6,7,8);(H3,1,2,3,4). The van der Waals surface area contributed by atoms with Crippen molar-refractivity contribution in [3.8, 4) is 0 Å². The van der Waals surface area contributed by atoms with E-state index >= 15 is 0 Å². The normalized spacial score (nSPS) is 11.9. The molecule has 0 aromatic carbocycles. The molecule has 0 saturated heterocycles. The molecule has 0 aromatic heterocycles. The molecule has 94 valence electrons. The molecule has 0 unspecified atom stereocenters. The molecule has 0 aliphatic heterocycles. The Morgan fingerprint density at radius 1 is 1.00 bits per heavy atom. The molecule has 0 radical (unpaired) electrons. The van der Waals surface area contributed by atoms with Gasteiger partial charge >= 0.3 is 15.6 Å². The van der Waals surface area contributed by atoms with Crippen molar-refractivity contribution in [3.05, 3.63) is 0 Å². The Kier molecular flexibility index (Phi) is 9.84. The van der Waals surface area contributed by atoms with E-state index in [2.05, 4.69) is 4.52 Å². The van der Waals surface area contributed by atoms with E-state index in [9.17, 15) is 4.57 Å². The minimum atomic E-state index is -4.64. The summed E-state index contributed by atoms with van der Waals surface area (Å²) in [6, 6.07) is 0. The van der Waals surface area contributed by atoms with Gasteiger partial charge in [-0.1, -0.05) is 19.8 Å². The van der Waals surface area contributed by atoms with Crippen LogP contribution in [0, 0.1) is 0 Å². The van der Waals surface area contributed by atoms with E-state index in [4.69, 9.17) is 29.0 Å². The van der Waals surface area contributed by atoms with E-state index in [0.29, 0.717) is 6.42 Å². The van der Waals surface area contributed by atoms with Gasteiger partial charge in [-0.15, -0.1) is 0 Å². The highest BCUT2D eigenvalue weighted by molar-refractivity contribution is 7.46. The number of phosphoric acid groups is 2. The summed E-state index contributed by atoms with van der Waals surface area (Å²) in [6.07, 6.45) is 2.67. The van der Waals surface area contributed by atoms with E-state index in [0.717, 1.165) is 12.8 Å². The molecule has 0 bridgehead atoms. The van der Waals surface area contributed by atoms with Crippen molar-refractivity contribution in [2.75, 3.05) is 6.61 Å². The van der Waals surface area contributed by atoms with Gasteiger partial charge < -0.3 is 24.5 Å². The first-order chi connectivity index (χ1) is 6.56. The Balaban J connectivity index is 0. The lowest BCUT2D eigenvalue weighted by atomic mass is 10.3. The molecule has 0 aromatic rings. The fourth-order valence-corrected chi connectivity index (χ4v) is 0.902. The molecule has 0 saturated carbocycles. The highest BCUT2D eigenvalue weighted by Crippen LogP contribution is 2.35. The van der Waals surface area contributed by atoms with Crippen LogP contribution in [0.3, 0.4) is 0 Å².